The Bertz CT molecular complexity index is 310. The second-order valence-corrected chi connectivity index (χ2v) is 3.03. The zero-order chi connectivity index (χ0) is 8.55. The molecule has 1 aromatic rings. The number of benzene rings is 1. The highest BCUT2D eigenvalue weighted by atomic mass is 19.1. The van der Waals surface area contributed by atoms with Crippen LogP contribution in [0.25, 0.3) is 0 Å². The van der Waals surface area contributed by atoms with Crippen LogP contribution in [0.5, 0.6) is 0 Å². The van der Waals surface area contributed by atoms with Gasteiger partial charge in [-0.3, -0.25) is 0 Å². The summed E-state index contributed by atoms with van der Waals surface area (Å²) in [4.78, 5) is 0. The Morgan fingerprint density at radius 1 is 1.42 bits per heavy atom. The molecule has 0 saturated carbocycles. The van der Waals surface area contributed by atoms with Crippen molar-refractivity contribution < 1.29 is 4.39 Å². The summed E-state index contributed by atoms with van der Waals surface area (Å²) >= 11 is 0. The van der Waals surface area contributed by atoms with E-state index in [0.717, 1.165) is 24.9 Å². The van der Waals surface area contributed by atoms with Gasteiger partial charge in [0.25, 0.3) is 0 Å². The summed E-state index contributed by atoms with van der Waals surface area (Å²) < 4.78 is 13.3. The van der Waals surface area contributed by atoms with Crippen molar-refractivity contribution in [3.05, 3.63) is 23.5 Å². The molecule has 0 atom stereocenters. The van der Waals surface area contributed by atoms with Crippen molar-refractivity contribution in [3.63, 3.8) is 0 Å². The first-order valence-electron chi connectivity index (χ1n) is 4.10. The summed E-state index contributed by atoms with van der Waals surface area (Å²) in [5.41, 5.74) is 7.29. The van der Waals surface area contributed by atoms with Gasteiger partial charge in [0.15, 0.2) is 5.82 Å². The van der Waals surface area contributed by atoms with Crippen molar-refractivity contribution in [3.8, 4) is 0 Å². The van der Waals surface area contributed by atoms with E-state index >= 15 is 0 Å². The van der Waals surface area contributed by atoms with Crippen LogP contribution in [0, 0.1) is 5.82 Å². The Morgan fingerprint density at radius 3 is 3.08 bits per heavy atom. The molecule has 0 aromatic heterocycles. The van der Waals surface area contributed by atoms with Crippen molar-refractivity contribution in [2.45, 2.75) is 12.8 Å². The minimum Gasteiger partial charge on any atom is -0.396 e. The molecular formula is C9H11FN2. The molecule has 1 aliphatic rings. The van der Waals surface area contributed by atoms with E-state index in [2.05, 4.69) is 5.32 Å². The maximum Gasteiger partial charge on any atom is 0.169 e. The predicted octanol–water partition coefficient (Wildman–Crippen LogP) is 1.77. The molecule has 3 N–H and O–H groups in total. The first-order valence-corrected chi connectivity index (χ1v) is 4.10. The third-order valence-electron chi connectivity index (χ3n) is 2.18. The van der Waals surface area contributed by atoms with Crippen molar-refractivity contribution >= 4 is 11.4 Å². The highest BCUT2D eigenvalue weighted by molar-refractivity contribution is 5.62. The fourth-order valence-corrected chi connectivity index (χ4v) is 1.52. The Hall–Kier alpha value is -1.25. The Morgan fingerprint density at radius 2 is 2.25 bits per heavy atom. The van der Waals surface area contributed by atoms with Crippen LogP contribution in [-0.4, -0.2) is 6.54 Å². The molecule has 0 radical (unpaired) electrons. The van der Waals surface area contributed by atoms with E-state index in [1.165, 1.54) is 0 Å². The number of nitrogens with one attached hydrogen (secondary N) is 1. The topological polar surface area (TPSA) is 38.0 Å². The molecule has 12 heavy (non-hydrogen) atoms. The number of fused-ring (bicyclic) bond motifs is 1. The third kappa shape index (κ3) is 1.02. The van der Waals surface area contributed by atoms with Gasteiger partial charge in [-0.05, 0) is 24.5 Å². The number of nitrogen functional groups attached to an aromatic ring is 1. The van der Waals surface area contributed by atoms with E-state index < -0.39 is 0 Å². The van der Waals surface area contributed by atoms with Crippen molar-refractivity contribution in [1.29, 1.82) is 0 Å². The number of halogens is 1. The Kier molecular flexibility index (Phi) is 1.64. The maximum absolute atomic E-state index is 13.3. The summed E-state index contributed by atoms with van der Waals surface area (Å²) in [5.74, 6) is -0.299. The molecule has 0 unspecified atom stereocenters. The molecule has 0 bridgehead atoms. The van der Waals surface area contributed by atoms with Crippen molar-refractivity contribution in [2.75, 3.05) is 17.6 Å². The maximum atomic E-state index is 13.3. The molecule has 3 heteroatoms. The quantitative estimate of drug-likeness (QED) is 0.576. The molecule has 2 rings (SSSR count). The fourth-order valence-electron chi connectivity index (χ4n) is 1.52. The minimum atomic E-state index is -0.299. The number of hydrogen-bond acceptors (Lipinski definition) is 2. The highest BCUT2D eigenvalue weighted by Crippen LogP contribution is 2.28. The molecule has 64 valence electrons. The van der Waals surface area contributed by atoms with Gasteiger partial charge in [0.2, 0.25) is 0 Å². The van der Waals surface area contributed by atoms with Crippen LogP contribution in [0.15, 0.2) is 12.1 Å². The van der Waals surface area contributed by atoms with Gasteiger partial charge in [0.1, 0.15) is 0 Å². The summed E-state index contributed by atoms with van der Waals surface area (Å²) in [6, 6.07) is 3.51. The standard InChI is InChI=1S/C9H11FN2/c10-8-7(11)4-3-6-2-1-5-12-9(6)8/h3-4,12H,1-2,5,11H2. The van der Waals surface area contributed by atoms with E-state index in [4.69, 9.17) is 5.73 Å². The summed E-state index contributed by atoms with van der Waals surface area (Å²) in [7, 11) is 0. The van der Waals surface area contributed by atoms with Crippen molar-refractivity contribution in [2.24, 2.45) is 0 Å². The van der Waals surface area contributed by atoms with Crippen LogP contribution in [0.1, 0.15) is 12.0 Å². The van der Waals surface area contributed by atoms with Gasteiger partial charge in [0.05, 0.1) is 11.4 Å². The molecular weight excluding hydrogens is 155 g/mol. The van der Waals surface area contributed by atoms with Crippen LogP contribution in [0.3, 0.4) is 0 Å². The summed E-state index contributed by atoms with van der Waals surface area (Å²) in [6.07, 6.45) is 2.01. The van der Waals surface area contributed by atoms with Gasteiger partial charge in [-0.1, -0.05) is 6.07 Å². The van der Waals surface area contributed by atoms with Gasteiger partial charge < -0.3 is 11.1 Å². The summed E-state index contributed by atoms with van der Waals surface area (Å²) in [5, 5.41) is 3.02. The molecule has 0 spiro atoms. The second-order valence-electron chi connectivity index (χ2n) is 3.03. The fraction of sp³-hybridized carbons (Fsp3) is 0.333. The van der Waals surface area contributed by atoms with Gasteiger partial charge in [0, 0.05) is 6.54 Å². The molecule has 1 aromatic carbocycles. The summed E-state index contributed by atoms with van der Waals surface area (Å²) in [6.45, 7) is 0.841. The lowest BCUT2D eigenvalue weighted by Gasteiger charge is -2.18. The zero-order valence-electron chi connectivity index (χ0n) is 6.73. The number of nitrogens with two attached hydrogens (primary N) is 1. The van der Waals surface area contributed by atoms with Crippen LogP contribution >= 0.6 is 0 Å². The molecule has 0 fully saturated rings. The first-order chi connectivity index (χ1) is 5.79. The lowest BCUT2D eigenvalue weighted by molar-refractivity contribution is 0.627. The van der Waals surface area contributed by atoms with Crippen molar-refractivity contribution in [1.82, 2.24) is 0 Å². The number of hydrogen-bond donors (Lipinski definition) is 2. The predicted molar refractivity (Wildman–Crippen MR) is 47.6 cm³/mol. The average molecular weight is 166 g/mol. The zero-order valence-corrected chi connectivity index (χ0v) is 6.73. The van der Waals surface area contributed by atoms with E-state index in [-0.39, 0.29) is 11.5 Å². The van der Waals surface area contributed by atoms with E-state index in [0.29, 0.717) is 5.69 Å². The van der Waals surface area contributed by atoms with Crippen LogP contribution in [0.4, 0.5) is 15.8 Å². The third-order valence-corrected chi connectivity index (χ3v) is 2.18. The first kappa shape index (κ1) is 7.40. The van der Waals surface area contributed by atoms with Gasteiger partial charge in [-0.15, -0.1) is 0 Å². The van der Waals surface area contributed by atoms with Gasteiger partial charge in [-0.25, -0.2) is 4.39 Å². The highest BCUT2D eigenvalue weighted by Gasteiger charge is 2.14. The normalized spacial score (nSPS) is 15.1. The van der Waals surface area contributed by atoms with Crippen LogP contribution < -0.4 is 11.1 Å². The van der Waals surface area contributed by atoms with E-state index in [1.54, 1.807) is 6.07 Å². The number of aryl methyl sites for hydroxylation is 1. The molecule has 0 amide bonds. The molecule has 1 aliphatic heterocycles. The van der Waals surface area contributed by atoms with Crippen LogP contribution in [0.2, 0.25) is 0 Å². The monoisotopic (exact) mass is 166 g/mol. The number of rotatable bonds is 0. The van der Waals surface area contributed by atoms with E-state index in [9.17, 15) is 4.39 Å². The Balaban J connectivity index is 2.54. The smallest absolute Gasteiger partial charge is 0.169 e. The Labute approximate surface area is 70.6 Å². The molecule has 0 saturated heterocycles. The lowest BCUT2D eigenvalue weighted by atomic mass is 10.0. The second kappa shape index (κ2) is 2.66. The van der Waals surface area contributed by atoms with E-state index in [1.807, 2.05) is 6.07 Å². The largest absolute Gasteiger partial charge is 0.396 e. The van der Waals surface area contributed by atoms with Gasteiger partial charge in [-0.2, -0.15) is 0 Å². The van der Waals surface area contributed by atoms with Gasteiger partial charge >= 0.3 is 0 Å². The number of anilines is 2. The lowest BCUT2D eigenvalue weighted by Crippen LogP contribution is -2.14. The minimum absolute atomic E-state index is 0.225. The molecule has 0 aliphatic carbocycles. The molecule has 1 heterocycles. The average Bonchev–Trinajstić information content (AvgIpc) is 2.12. The van der Waals surface area contributed by atoms with Crippen LogP contribution in [-0.2, 0) is 6.42 Å². The molecule has 2 nitrogen and oxygen atoms in total. The SMILES string of the molecule is Nc1ccc2c(c1F)NCCC2.